The van der Waals surface area contributed by atoms with Crippen molar-refractivity contribution in [3.8, 4) is 0 Å². The highest BCUT2D eigenvalue weighted by Crippen LogP contribution is 2.60. The minimum Gasteiger partial charge on any atom is -0.331 e. The Bertz CT molecular complexity index is 295. The SMILES string of the molecule is CCN.CN(C)P(=NP(N)(N)=O)(N(C)C)N(C)C. The first-order chi connectivity index (χ1) is 7.95. The third-order valence-electron chi connectivity index (χ3n) is 1.87. The molecular formula is C8H29N7OP2. The Kier molecular flexibility index (Phi) is 9.59. The van der Waals surface area contributed by atoms with Crippen LogP contribution in [0.25, 0.3) is 0 Å². The van der Waals surface area contributed by atoms with Gasteiger partial charge in [-0.05, 0) is 48.8 Å². The number of hydrogen-bond acceptors (Lipinski definition) is 2. The van der Waals surface area contributed by atoms with Crippen LogP contribution in [-0.2, 0) is 4.57 Å². The molecule has 18 heavy (non-hydrogen) atoms. The highest BCUT2D eigenvalue weighted by atomic mass is 31.2. The fraction of sp³-hybridized carbons (Fsp3) is 1.00. The average Bonchev–Trinajstić information content (AvgIpc) is 2.12. The summed E-state index contributed by atoms with van der Waals surface area (Å²) in [6, 6.07) is 0. The van der Waals surface area contributed by atoms with Crippen LogP contribution < -0.4 is 16.7 Å². The Hall–Kier alpha value is 0.220. The molecule has 0 aromatic heterocycles. The minimum atomic E-state index is -3.40. The first-order valence-corrected chi connectivity index (χ1v) is 8.90. The normalized spacial score (nSPS) is 12.7. The molecule has 0 aliphatic rings. The van der Waals surface area contributed by atoms with Crippen molar-refractivity contribution in [1.29, 1.82) is 0 Å². The van der Waals surface area contributed by atoms with Gasteiger partial charge in [0.25, 0.3) is 0 Å². The highest BCUT2D eigenvalue weighted by molar-refractivity contribution is 7.70. The van der Waals surface area contributed by atoms with Crippen molar-refractivity contribution in [2.45, 2.75) is 6.92 Å². The maximum Gasteiger partial charge on any atom is 0.320 e. The molecule has 0 aliphatic heterocycles. The second kappa shape index (κ2) is 8.40. The lowest BCUT2D eigenvalue weighted by Gasteiger charge is -2.41. The quantitative estimate of drug-likeness (QED) is 0.651. The molecule has 0 saturated heterocycles. The number of rotatable bonds is 4. The fourth-order valence-corrected chi connectivity index (χ4v) is 7.07. The molecular weight excluding hydrogens is 272 g/mol. The van der Waals surface area contributed by atoms with Crippen LogP contribution in [0.15, 0.2) is 4.52 Å². The summed E-state index contributed by atoms with van der Waals surface area (Å²) in [6.07, 6.45) is 0. The van der Waals surface area contributed by atoms with Crippen LogP contribution in [-0.4, -0.2) is 62.8 Å². The average molecular weight is 301 g/mol. The van der Waals surface area contributed by atoms with Gasteiger partial charge >= 0.3 is 7.59 Å². The summed E-state index contributed by atoms with van der Waals surface area (Å²) < 4.78 is 21.3. The summed E-state index contributed by atoms with van der Waals surface area (Å²) in [6.45, 7) is 2.65. The topological polar surface area (TPSA) is 117 Å². The molecule has 10 heteroatoms. The zero-order valence-electron chi connectivity index (χ0n) is 12.5. The van der Waals surface area contributed by atoms with Crippen molar-refractivity contribution >= 4 is 15.1 Å². The Morgan fingerprint density at radius 2 is 1.17 bits per heavy atom. The van der Waals surface area contributed by atoms with Gasteiger partial charge in [-0.3, -0.25) is 29.6 Å². The summed E-state index contributed by atoms with van der Waals surface area (Å²) in [4.78, 5) is 0. The van der Waals surface area contributed by atoms with Crippen LogP contribution in [0.1, 0.15) is 6.92 Å². The number of hydrogen-bond donors (Lipinski definition) is 3. The summed E-state index contributed by atoms with van der Waals surface area (Å²) in [5, 5.41) is 0. The van der Waals surface area contributed by atoms with E-state index in [1.54, 1.807) is 0 Å². The summed E-state index contributed by atoms with van der Waals surface area (Å²) in [5.74, 6) is 0. The van der Waals surface area contributed by atoms with E-state index in [9.17, 15) is 4.57 Å². The smallest absolute Gasteiger partial charge is 0.320 e. The van der Waals surface area contributed by atoms with Gasteiger partial charge in [0.1, 0.15) is 0 Å². The molecule has 0 unspecified atom stereocenters. The molecule has 6 N–H and O–H groups in total. The largest absolute Gasteiger partial charge is 0.331 e. The lowest BCUT2D eigenvalue weighted by molar-refractivity contribution is 0.474. The van der Waals surface area contributed by atoms with E-state index in [-0.39, 0.29) is 0 Å². The Labute approximate surface area is 111 Å². The molecule has 0 aromatic carbocycles. The standard InChI is InChI=1S/C6H22N6OP2.C2H7N/c1-10(2)15(11(3)4,12(5)6)9-14(7,8)13;1-2-3/h1-6H3,(H4,7,8,13);2-3H2,1H3. The maximum absolute atomic E-state index is 11.5. The molecule has 0 heterocycles. The van der Waals surface area contributed by atoms with Gasteiger partial charge in [0.15, 0.2) is 7.51 Å². The monoisotopic (exact) mass is 301 g/mol. The molecule has 0 amide bonds. The first kappa shape index (κ1) is 20.5. The highest BCUT2D eigenvalue weighted by Gasteiger charge is 2.31. The predicted octanol–water partition coefficient (Wildman–Crippen LogP) is 0.608. The molecule has 0 aromatic rings. The van der Waals surface area contributed by atoms with E-state index in [0.29, 0.717) is 0 Å². The zero-order chi connectivity index (χ0) is 15.1. The third kappa shape index (κ3) is 6.41. The van der Waals surface area contributed by atoms with E-state index >= 15 is 0 Å². The first-order valence-electron chi connectivity index (χ1n) is 5.50. The molecule has 0 atom stereocenters. The van der Waals surface area contributed by atoms with Gasteiger partial charge in [-0.25, -0.2) is 0 Å². The summed E-state index contributed by atoms with van der Waals surface area (Å²) in [7, 11) is 5.59. The van der Waals surface area contributed by atoms with Crippen LogP contribution in [0.3, 0.4) is 0 Å². The Balaban J connectivity index is 0. The molecule has 0 saturated carbocycles. The van der Waals surface area contributed by atoms with Crippen molar-refractivity contribution in [3.05, 3.63) is 0 Å². The van der Waals surface area contributed by atoms with Gasteiger partial charge in [-0.1, -0.05) is 6.92 Å². The van der Waals surface area contributed by atoms with Gasteiger partial charge in [-0.15, -0.1) is 0 Å². The van der Waals surface area contributed by atoms with Crippen LogP contribution in [0.5, 0.6) is 0 Å². The minimum absolute atomic E-state index is 0.750. The van der Waals surface area contributed by atoms with Crippen LogP contribution >= 0.6 is 15.1 Å². The van der Waals surface area contributed by atoms with Crippen molar-refractivity contribution in [3.63, 3.8) is 0 Å². The Morgan fingerprint density at radius 1 is 0.944 bits per heavy atom. The van der Waals surface area contributed by atoms with Crippen molar-refractivity contribution < 1.29 is 4.57 Å². The lowest BCUT2D eigenvalue weighted by atomic mass is 10.8. The second-order valence-corrected chi connectivity index (χ2v) is 9.78. The number of nitrogens with zero attached hydrogens (tertiary/aromatic N) is 4. The lowest BCUT2D eigenvalue weighted by Crippen LogP contribution is -2.31. The van der Waals surface area contributed by atoms with Crippen molar-refractivity contribution in [2.75, 3.05) is 48.8 Å². The van der Waals surface area contributed by atoms with Gasteiger partial charge in [0, 0.05) is 0 Å². The molecule has 0 spiro atoms. The van der Waals surface area contributed by atoms with E-state index in [2.05, 4.69) is 4.52 Å². The Morgan fingerprint density at radius 3 is 1.22 bits per heavy atom. The van der Waals surface area contributed by atoms with Crippen LogP contribution in [0, 0.1) is 0 Å². The maximum atomic E-state index is 11.5. The summed E-state index contributed by atoms with van der Waals surface area (Å²) in [5.41, 5.74) is 15.5. The molecule has 0 fully saturated rings. The zero-order valence-corrected chi connectivity index (χ0v) is 14.3. The molecule has 0 bridgehead atoms. The molecule has 112 valence electrons. The van der Waals surface area contributed by atoms with Crippen LogP contribution in [0.2, 0.25) is 0 Å². The van der Waals surface area contributed by atoms with E-state index < -0.39 is 15.1 Å². The fourth-order valence-electron chi connectivity index (χ4n) is 1.50. The van der Waals surface area contributed by atoms with Gasteiger partial charge in [0.05, 0.1) is 0 Å². The van der Waals surface area contributed by atoms with Crippen molar-refractivity contribution in [2.24, 2.45) is 21.3 Å². The van der Waals surface area contributed by atoms with Crippen LogP contribution in [0.4, 0.5) is 0 Å². The van der Waals surface area contributed by atoms with Gasteiger partial charge < -0.3 is 5.73 Å². The van der Waals surface area contributed by atoms with E-state index in [4.69, 9.17) is 16.7 Å². The molecule has 8 nitrogen and oxygen atoms in total. The molecule has 0 radical (unpaired) electrons. The van der Waals surface area contributed by atoms with Gasteiger partial charge in [0.2, 0.25) is 0 Å². The van der Waals surface area contributed by atoms with E-state index in [1.165, 1.54) is 0 Å². The second-order valence-electron chi connectivity index (χ2n) is 4.25. The predicted molar refractivity (Wildman–Crippen MR) is 81.1 cm³/mol. The van der Waals surface area contributed by atoms with E-state index in [0.717, 1.165) is 6.54 Å². The van der Waals surface area contributed by atoms with E-state index in [1.807, 2.05) is 63.2 Å². The third-order valence-corrected chi connectivity index (χ3v) is 7.17. The summed E-state index contributed by atoms with van der Waals surface area (Å²) >= 11 is 0. The molecule has 0 aliphatic carbocycles. The number of nitrogens with two attached hydrogens (primary N) is 3. The van der Waals surface area contributed by atoms with Crippen molar-refractivity contribution in [1.82, 2.24) is 14.0 Å². The van der Waals surface area contributed by atoms with Gasteiger partial charge in [-0.2, -0.15) is 4.52 Å². The molecule has 0 rings (SSSR count).